The Balaban J connectivity index is 1.81. The first-order chi connectivity index (χ1) is 14.0. The Hall–Kier alpha value is -3.02. The van der Waals surface area contributed by atoms with Gasteiger partial charge in [-0.15, -0.1) is 0 Å². The highest BCUT2D eigenvalue weighted by atomic mass is 19.1. The van der Waals surface area contributed by atoms with Gasteiger partial charge in [0, 0.05) is 13.1 Å². The first-order valence-corrected chi connectivity index (χ1v) is 9.96. The van der Waals surface area contributed by atoms with Gasteiger partial charge in [-0.1, -0.05) is 44.0 Å². The molecule has 3 rings (SSSR count). The summed E-state index contributed by atoms with van der Waals surface area (Å²) in [6.45, 7) is 4.93. The second kappa shape index (κ2) is 9.45. The zero-order chi connectivity index (χ0) is 20.8. The number of unbranched alkanes of at least 4 members (excludes halogenated alkanes) is 2. The third kappa shape index (κ3) is 5.08. The minimum Gasteiger partial charge on any atom is -0.337 e. The van der Waals surface area contributed by atoms with E-state index in [1.54, 1.807) is 23.1 Å². The van der Waals surface area contributed by atoms with Gasteiger partial charge in [-0.05, 0) is 42.7 Å². The van der Waals surface area contributed by atoms with Gasteiger partial charge < -0.3 is 4.90 Å². The Kier molecular flexibility index (Phi) is 6.75. The Labute approximate surface area is 169 Å². The van der Waals surface area contributed by atoms with Crippen molar-refractivity contribution in [2.75, 3.05) is 6.54 Å². The summed E-state index contributed by atoms with van der Waals surface area (Å²) in [7, 11) is 0. The molecule has 0 unspecified atom stereocenters. The molecule has 29 heavy (non-hydrogen) atoms. The maximum Gasteiger partial charge on any atom is 0.261 e. The summed E-state index contributed by atoms with van der Waals surface area (Å²) >= 11 is 0. The van der Waals surface area contributed by atoms with E-state index in [1.807, 2.05) is 19.1 Å². The molecule has 0 radical (unpaired) electrons. The van der Waals surface area contributed by atoms with Crippen LogP contribution in [0.1, 0.15) is 37.3 Å². The average Bonchev–Trinajstić information content (AvgIpc) is 2.71. The van der Waals surface area contributed by atoms with E-state index >= 15 is 0 Å². The van der Waals surface area contributed by atoms with Gasteiger partial charge in [0.1, 0.15) is 12.4 Å². The van der Waals surface area contributed by atoms with Crippen LogP contribution in [0, 0.1) is 12.7 Å². The predicted octanol–water partition coefficient (Wildman–Crippen LogP) is 4.06. The molecular weight excluding hydrogens is 369 g/mol. The number of rotatable bonds is 8. The van der Waals surface area contributed by atoms with Crippen molar-refractivity contribution in [3.63, 3.8) is 0 Å². The zero-order valence-corrected chi connectivity index (χ0v) is 16.9. The SMILES string of the molecule is CCCCCN(Cc1ccc(F)cc1)C(=O)Cn1cnc2c(C)cccc2c1=O. The van der Waals surface area contributed by atoms with Crippen molar-refractivity contribution in [1.29, 1.82) is 0 Å². The Morgan fingerprint density at radius 2 is 1.90 bits per heavy atom. The molecule has 1 aromatic heterocycles. The van der Waals surface area contributed by atoms with Crippen LogP contribution in [0.15, 0.2) is 53.6 Å². The largest absolute Gasteiger partial charge is 0.337 e. The fourth-order valence-corrected chi connectivity index (χ4v) is 3.35. The Morgan fingerprint density at radius 3 is 2.62 bits per heavy atom. The monoisotopic (exact) mass is 395 g/mol. The highest BCUT2D eigenvalue weighted by Gasteiger charge is 2.16. The van der Waals surface area contributed by atoms with E-state index < -0.39 is 0 Å². The second-order valence-corrected chi connectivity index (χ2v) is 7.30. The Bertz CT molecular complexity index is 1040. The molecule has 2 aromatic carbocycles. The molecule has 0 spiro atoms. The molecule has 0 aliphatic rings. The molecule has 1 heterocycles. The first kappa shape index (κ1) is 20.7. The van der Waals surface area contributed by atoms with E-state index in [2.05, 4.69) is 11.9 Å². The summed E-state index contributed by atoms with van der Waals surface area (Å²) in [5, 5.41) is 0.511. The Morgan fingerprint density at radius 1 is 1.14 bits per heavy atom. The third-order valence-corrected chi connectivity index (χ3v) is 5.03. The number of nitrogens with zero attached hydrogens (tertiary/aromatic N) is 3. The fraction of sp³-hybridized carbons (Fsp3) is 0.348. The van der Waals surface area contributed by atoms with E-state index in [9.17, 15) is 14.0 Å². The summed E-state index contributed by atoms with van der Waals surface area (Å²) in [6.07, 6.45) is 4.39. The lowest BCUT2D eigenvalue weighted by Crippen LogP contribution is -2.37. The van der Waals surface area contributed by atoms with Gasteiger partial charge >= 0.3 is 0 Å². The van der Waals surface area contributed by atoms with E-state index in [0.717, 1.165) is 30.4 Å². The van der Waals surface area contributed by atoms with Crippen LogP contribution in [-0.4, -0.2) is 26.9 Å². The van der Waals surface area contributed by atoms with Crippen molar-refractivity contribution in [1.82, 2.24) is 14.5 Å². The highest BCUT2D eigenvalue weighted by Crippen LogP contribution is 2.12. The van der Waals surface area contributed by atoms with Crippen LogP contribution in [-0.2, 0) is 17.9 Å². The van der Waals surface area contributed by atoms with Crippen LogP contribution < -0.4 is 5.56 Å². The van der Waals surface area contributed by atoms with Gasteiger partial charge in [0.15, 0.2) is 0 Å². The lowest BCUT2D eigenvalue weighted by molar-refractivity contribution is -0.132. The van der Waals surface area contributed by atoms with E-state index in [4.69, 9.17) is 0 Å². The molecule has 1 amide bonds. The van der Waals surface area contributed by atoms with Gasteiger partial charge in [0.2, 0.25) is 5.91 Å². The van der Waals surface area contributed by atoms with Crippen LogP contribution >= 0.6 is 0 Å². The third-order valence-electron chi connectivity index (χ3n) is 5.03. The van der Waals surface area contributed by atoms with Crippen molar-refractivity contribution >= 4 is 16.8 Å². The number of halogens is 1. The minimum atomic E-state index is -0.304. The number of benzene rings is 2. The molecule has 0 fully saturated rings. The number of hydrogen-bond acceptors (Lipinski definition) is 3. The lowest BCUT2D eigenvalue weighted by atomic mass is 10.1. The second-order valence-electron chi connectivity index (χ2n) is 7.30. The molecule has 152 valence electrons. The number of aromatic nitrogens is 2. The van der Waals surface area contributed by atoms with Crippen LogP contribution in [0.3, 0.4) is 0 Å². The van der Waals surface area contributed by atoms with Crippen molar-refractivity contribution < 1.29 is 9.18 Å². The number of fused-ring (bicyclic) bond motifs is 1. The summed E-state index contributed by atoms with van der Waals surface area (Å²) in [5.74, 6) is -0.456. The predicted molar refractivity (Wildman–Crippen MR) is 112 cm³/mol. The van der Waals surface area contributed by atoms with Gasteiger partial charge in [-0.3, -0.25) is 14.2 Å². The smallest absolute Gasteiger partial charge is 0.261 e. The number of aryl methyl sites for hydroxylation is 1. The summed E-state index contributed by atoms with van der Waals surface area (Å²) < 4.78 is 14.6. The standard InChI is InChI=1S/C23H26FN3O2/c1-3-4-5-13-26(14-18-9-11-19(24)12-10-18)21(28)15-27-16-25-22-17(2)7-6-8-20(22)23(27)29/h6-12,16H,3-5,13-15H2,1-2H3. The van der Waals surface area contributed by atoms with E-state index in [0.29, 0.717) is 24.0 Å². The maximum atomic E-state index is 13.2. The van der Waals surface area contributed by atoms with Crippen molar-refractivity contribution in [3.8, 4) is 0 Å². The molecule has 3 aromatic rings. The summed E-state index contributed by atoms with van der Waals surface area (Å²) in [6, 6.07) is 11.6. The quantitative estimate of drug-likeness (QED) is 0.541. The van der Waals surface area contributed by atoms with Crippen LogP contribution in [0.4, 0.5) is 4.39 Å². The van der Waals surface area contributed by atoms with E-state index in [-0.39, 0.29) is 23.8 Å². The maximum absolute atomic E-state index is 13.2. The topological polar surface area (TPSA) is 55.2 Å². The number of para-hydroxylation sites is 1. The van der Waals surface area contributed by atoms with E-state index in [1.165, 1.54) is 23.0 Å². The molecular formula is C23H26FN3O2. The average molecular weight is 395 g/mol. The summed E-state index contributed by atoms with van der Waals surface area (Å²) in [4.78, 5) is 31.9. The number of carbonyl (C=O) groups is 1. The molecule has 0 aliphatic heterocycles. The zero-order valence-electron chi connectivity index (χ0n) is 16.9. The minimum absolute atomic E-state index is 0.0664. The van der Waals surface area contributed by atoms with Crippen molar-refractivity contribution in [2.45, 2.75) is 46.2 Å². The molecule has 5 nitrogen and oxygen atoms in total. The number of carbonyl (C=O) groups excluding carboxylic acids is 1. The van der Waals surface area contributed by atoms with Crippen LogP contribution in [0.25, 0.3) is 10.9 Å². The summed E-state index contributed by atoms with van der Waals surface area (Å²) in [5.41, 5.74) is 2.22. The normalized spacial score (nSPS) is 11.0. The number of amides is 1. The lowest BCUT2D eigenvalue weighted by Gasteiger charge is -2.23. The molecule has 0 N–H and O–H groups in total. The molecule has 0 saturated carbocycles. The molecule has 6 heteroatoms. The molecule has 0 atom stereocenters. The van der Waals surface area contributed by atoms with Gasteiger partial charge in [0.05, 0.1) is 17.2 Å². The van der Waals surface area contributed by atoms with Gasteiger partial charge in [0.25, 0.3) is 5.56 Å². The van der Waals surface area contributed by atoms with Crippen molar-refractivity contribution in [3.05, 3.63) is 76.1 Å². The van der Waals surface area contributed by atoms with Gasteiger partial charge in [-0.2, -0.15) is 0 Å². The van der Waals surface area contributed by atoms with Crippen molar-refractivity contribution in [2.24, 2.45) is 0 Å². The number of hydrogen-bond donors (Lipinski definition) is 0. The molecule has 0 bridgehead atoms. The first-order valence-electron chi connectivity index (χ1n) is 9.96. The van der Waals surface area contributed by atoms with Crippen LogP contribution in [0.5, 0.6) is 0 Å². The fourth-order valence-electron chi connectivity index (χ4n) is 3.35. The van der Waals surface area contributed by atoms with Gasteiger partial charge in [-0.25, -0.2) is 9.37 Å². The molecule has 0 aliphatic carbocycles. The highest BCUT2D eigenvalue weighted by molar-refractivity contribution is 5.81. The van der Waals surface area contributed by atoms with Crippen LogP contribution in [0.2, 0.25) is 0 Å². The molecule has 0 saturated heterocycles.